The highest BCUT2D eigenvalue weighted by Gasteiger charge is 2.14. The van der Waals surface area contributed by atoms with E-state index in [1.165, 1.54) is 0 Å². The first-order valence-corrected chi connectivity index (χ1v) is 6.08. The zero-order valence-corrected chi connectivity index (χ0v) is 10.8. The lowest BCUT2D eigenvalue weighted by Crippen LogP contribution is -1.90. The number of fused-ring (bicyclic) bond motifs is 1. The first-order chi connectivity index (χ1) is 8.81. The normalized spacial score (nSPS) is 10.4. The second-order valence-electron chi connectivity index (χ2n) is 3.70. The van der Waals surface area contributed by atoms with Gasteiger partial charge in [0.05, 0.1) is 4.60 Å². The lowest BCUT2D eigenvalue weighted by atomic mass is 10.2. The Bertz CT molecular complexity index is 756. The Morgan fingerprint density at radius 1 is 1.17 bits per heavy atom. The number of nitrogens with zero attached hydrogens (tertiary/aromatic N) is 4. The van der Waals surface area contributed by atoms with Gasteiger partial charge in [0, 0.05) is 18.0 Å². The van der Waals surface area contributed by atoms with Gasteiger partial charge >= 0.3 is 0 Å². The Morgan fingerprint density at radius 2 is 1.94 bits per heavy atom. The molecule has 3 aromatic rings. The number of imidazole rings is 1. The molecule has 86 valence electrons. The number of hydrogen-bond donors (Lipinski definition) is 0. The lowest BCUT2D eigenvalue weighted by molar-refractivity contribution is 1.11. The van der Waals surface area contributed by atoms with E-state index in [0.717, 1.165) is 15.8 Å². The van der Waals surface area contributed by atoms with Crippen LogP contribution in [0.3, 0.4) is 0 Å². The quantitative estimate of drug-likeness (QED) is 0.649. The minimum Gasteiger partial charge on any atom is -0.277 e. The summed E-state index contributed by atoms with van der Waals surface area (Å²) in [6.45, 7) is 0. The van der Waals surface area contributed by atoms with Gasteiger partial charge in [-0.25, -0.2) is 4.98 Å². The molecule has 0 aromatic carbocycles. The maximum Gasteiger partial charge on any atom is 0.153 e. The highest BCUT2D eigenvalue weighted by Crippen LogP contribution is 2.26. The Labute approximate surface area is 112 Å². The minimum atomic E-state index is 0.517. The predicted molar refractivity (Wildman–Crippen MR) is 70.8 cm³/mol. The summed E-state index contributed by atoms with van der Waals surface area (Å²) in [4.78, 5) is 8.47. The molecule has 0 atom stereocenters. The monoisotopic (exact) mass is 298 g/mol. The summed E-state index contributed by atoms with van der Waals surface area (Å²) in [7, 11) is 0. The molecule has 5 heteroatoms. The summed E-state index contributed by atoms with van der Waals surface area (Å²) in [5.74, 6) is 0. The van der Waals surface area contributed by atoms with Gasteiger partial charge in [0.2, 0.25) is 0 Å². The minimum absolute atomic E-state index is 0.517. The predicted octanol–water partition coefficient (Wildman–Crippen LogP) is 3.03. The van der Waals surface area contributed by atoms with Crippen molar-refractivity contribution in [2.24, 2.45) is 0 Å². The smallest absolute Gasteiger partial charge is 0.153 e. The van der Waals surface area contributed by atoms with E-state index in [4.69, 9.17) is 0 Å². The summed E-state index contributed by atoms with van der Waals surface area (Å²) < 4.78 is 2.60. The topological polar surface area (TPSA) is 54.0 Å². The molecule has 18 heavy (non-hydrogen) atoms. The molecule has 0 aliphatic rings. The van der Waals surface area contributed by atoms with Crippen LogP contribution in [0, 0.1) is 11.3 Å². The van der Waals surface area contributed by atoms with Crippen LogP contribution in [0.25, 0.3) is 16.9 Å². The molecule has 4 nitrogen and oxygen atoms in total. The fourth-order valence-electron chi connectivity index (χ4n) is 1.87. The number of aromatic nitrogens is 3. The maximum absolute atomic E-state index is 9.34. The van der Waals surface area contributed by atoms with E-state index in [1.807, 2.05) is 30.3 Å². The van der Waals surface area contributed by atoms with Gasteiger partial charge in [0.15, 0.2) is 5.69 Å². The Kier molecular flexibility index (Phi) is 2.58. The lowest BCUT2D eigenvalue weighted by Gasteiger charge is -1.98. The molecule has 3 rings (SSSR count). The van der Waals surface area contributed by atoms with Crippen LogP contribution >= 0.6 is 15.9 Å². The Balaban J connectivity index is 2.39. The maximum atomic E-state index is 9.34. The third-order valence-electron chi connectivity index (χ3n) is 2.66. The van der Waals surface area contributed by atoms with Crippen molar-refractivity contribution in [1.82, 2.24) is 14.4 Å². The van der Waals surface area contributed by atoms with Gasteiger partial charge in [0.1, 0.15) is 17.4 Å². The van der Waals surface area contributed by atoms with Gasteiger partial charge in [-0.1, -0.05) is 6.07 Å². The molecule has 0 spiro atoms. The SMILES string of the molecule is N#Cc1c(-c2ccncc2)nc2cccc(Br)n12. The van der Waals surface area contributed by atoms with E-state index in [2.05, 4.69) is 32.0 Å². The average molecular weight is 299 g/mol. The molecule has 3 heterocycles. The second-order valence-corrected chi connectivity index (χ2v) is 4.51. The summed E-state index contributed by atoms with van der Waals surface area (Å²) in [5, 5.41) is 9.34. The number of halogens is 1. The highest BCUT2D eigenvalue weighted by molar-refractivity contribution is 9.10. The van der Waals surface area contributed by atoms with E-state index in [0.29, 0.717) is 11.4 Å². The van der Waals surface area contributed by atoms with Crippen LogP contribution in [-0.2, 0) is 0 Å². The van der Waals surface area contributed by atoms with E-state index >= 15 is 0 Å². The number of nitriles is 1. The Morgan fingerprint density at radius 3 is 2.67 bits per heavy atom. The molecule has 0 saturated carbocycles. The molecular weight excluding hydrogens is 292 g/mol. The van der Waals surface area contributed by atoms with Crippen LogP contribution in [0.15, 0.2) is 47.3 Å². The highest BCUT2D eigenvalue weighted by atomic mass is 79.9. The van der Waals surface area contributed by atoms with Gasteiger partial charge in [-0.2, -0.15) is 5.26 Å². The summed E-state index contributed by atoms with van der Waals surface area (Å²) >= 11 is 3.43. The summed E-state index contributed by atoms with van der Waals surface area (Å²) in [6, 6.07) is 11.5. The molecule has 0 N–H and O–H groups in total. The average Bonchev–Trinajstić information content (AvgIpc) is 2.79. The standard InChI is InChI=1S/C13H7BrN4/c14-11-2-1-3-12-17-13(10(8-15)18(11)12)9-4-6-16-7-5-9/h1-7H. The molecular formula is C13H7BrN4. The van der Waals surface area contributed by atoms with Crippen LogP contribution in [0.5, 0.6) is 0 Å². The molecule has 0 fully saturated rings. The molecule has 0 amide bonds. The van der Waals surface area contributed by atoms with Crippen molar-refractivity contribution in [1.29, 1.82) is 5.26 Å². The first kappa shape index (κ1) is 10.9. The number of pyridine rings is 2. The van der Waals surface area contributed by atoms with E-state index in [-0.39, 0.29) is 0 Å². The van der Waals surface area contributed by atoms with Crippen LogP contribution in [-0.4, -0.2) is 14.4 Å². The zero-order valence-electron chi connectivity index (χ0n) is 9.21. The van der Waals surface area contributed by atoms with Crippen LogP contribution in [0.2, 0.25) is 0 Å². The molecule has 0 unspecified atom stereocenters. The fourth-order valence-corrected chi connectivity index (χ4v) is 2.38. The summed E-state index contributed by atoms with van der Waals surface area (Å²) in [6.07, 6.45) is 3.38. The summed E-state index contributed by atoms with van der Waals surface area (Å²) in [5.41, 5.74) is 2.82. The van der Waals surface area contributed by atoms with Crippen molar-refractivity contribution in [3.05, 3.63) is 53.0 Å². The molecule has 3 aromatic heterocycles. The molecule has 0 aliphatic carbocycles. The van der Waals surface area contributed by atoms with Gasteiger partial charge in [-0.3, -0.25) is 9.38 Å². The van der Waals surface area contributed by atoms with Crippen LogP contribution in [0.4, 0.5) is 0 Å². The van der Waals surface area contributed by atoms with Gasteiger partial charge in [-0.15, -0.1) is 0 Å². The van der Waals surface area contributed by atoms with Gasteiger partial charge in [0.25, 0.3) is 0 Å². The van der Waals surface area contributed by atoms with E-state index in [9.17, 15) is 5.26 Å². The van der Waals surface area contributed by atoms with Crippen molar-refractivity contribution >= 4 is 21.6 Å². The number of hydrogen-bond acceptors (Lipinski definition) is 3. The second kappa shape index (κ2) is 4.24. The molecule has 0 bridgehead atoms. The zero-order chi connectivity index (χ0) is 12.5. The Hall–Kier alpha value is -2.19. The molecule has 0 radical (unpaired) electrons. The van der Waals surface area contributed by atoms with Gasteiger partial charge in [-0.05, 0) is 40.2 Å². The third kappa shape index (κ3) is 1.59. The van der Waals surface area contributed by atoms with Crippen molar-refractivity contribution in [3.63, 3.8) is 0 Å². The largest absolute Gasteiger partial charge is 0.277 e. The van der Waals surface area contributed by atoms with Crippen molar-refractivity contribution < 1.29 is 0 Å². The van der Waals surface area contributed by atoms with Crippen LogP contribution < -0.4 is 0 Å². The van der Waals surface area contributed by atoms with Crippen LogP contribution in [0.1, 0.15) is 5.69 Å². The van der Waals surface area contributed by atoms with Crippen molar-refractivity contribution in [2.45, 2.75) is 0 Å². The van der Waals surface area contributed by atoms with Crippen molar-refractivity contribution in [3.8, 4) is 17.3 Å². The first-order valence-electron chi connectivity index (χ1n) is 5.29. The molecule has 0 aliphatic heterocycles. The molecule has 0 saturated heterocycles. The number of rotatable bonds is 1. The third-order valence-corrected chi connectivity index (χ3v) is 3.27. The fraction of sp³-hybridized carbons (Fsp3) is 0. The van der Waals surface area contributed by atoms with E-state index in [1.54, 1.807) is 16.8 Å². The van der Waals surface area contributed by atoms with E-state index < -0.39 is 0 Å². The van der Waals surface area contributed by atoms with Gasteiger partial charge < -0.3 is 0 Å². The van der Waals surface area contributed by atoms with Crippen molar-refractivity contribution in [2.75, 3.05) is 0 Å².